The van der Waals surface area contributed by atoms with Gasteiger partial charge in [-0.3, -0.25) is 0 Å². The summed E-state index contributed by atoms with van der Waals surface area (Å²) >= 11 is 5.79. The lowest BCUT2D eigenvalue weighted by Gasteiger charge is -2.04. The smallest absolute Gasteiger partial charge is 0.282 e. The SMILES string of the molecule is COc1cc(Cl)nc(-n2nc(S(N)(=O)=O)nc2C)n1. The second-order valence-electron chi connectivity index (χ2n) is 3.43. The van der Waals surface area contributed by atoms with Crippen molar-refractivity contribution >= 4 is 21.6 Å². The maximum absolute atomic E-state index is 11.2. The molecule has 0 aliphatic heterocycles. The normalized spacial score (nSPS) is 11.6. The minimum Gasteiger partial charge on any atom is -0.481 e. The summed E-state index contributed by atoms with van der Waals surface area (Å²) < 4.78 is 28.4. The lowest BCUT2D eigenvalue weighted by Crippen LogP contribution is -2.14. The molecule has 0 unspecified atom stereocenters. The number of nitrogens with zero attached hydrogens (tertiary/aromatic N) is 5. The van der Waals surface area contributed by atoms with Crippen LogP contribution in [0.5, 0.6) is 5.88 Å². The van der Waals surface area contributed by atoms with Crippen LogP contribution >= 0.6 is 11.6 Å². The summed E-state index contributed by atoms with van der Waals surface area (Å²) in [4.78, 5) is 11.6. The number of aromatic nitrogens is 5. The van der Waals surface area contributed by atoms with E-state index in [4.69, 9.17) is 21.5 Å². The van der Waals surface area contributed by atoms with Gasteiger partial charge in [0.1, 0.15) is 11.0 Å². The van der Waals surface area contributed by atoms with Gasteiger partial charge in [0.2, 0.25) is 5.88 Å². The van der Waals surface area contributed by atoms with Crippen LogP contribution in [0.4, 0.5) is 0 Å². The van der Waals surface area contributed by atoms with Gasteiger partial charge in [-0.25, -0.2) is 18.5 Å². The molecule has 0 atom stereocenters. The molecule has 2 rings (SSSR count). The van der Waals surface area contributed by atoms with E-state index in [1.165, 1.54) is 20.1 Å². The third-order valence-corrected chi connectivity index (χ3v) is 2.94. The number of hydrogen-bond acceptors (Lipinski definition) is 7. The van der Waals surface area contributed by atoms with Crippen molar-refractivity contribution in [2.24, 2.45) is 5.14 Å². The molecule has 0 aliphatic rings. The zero-order valence-corrected chi connectivity index (χ0v) is 11.5. The van der Waals surface area contributed by atoms with Gasteiger partial charge in [-0.05, 0) is 6.92 Å². The van der Waals surface area contributed by atoms with Crippen molar-refractivity contribution in [3.63, 3.8) is 0 Å². The Hall–Kier alpha value is -1.78. The van der Waals surface area contributed by atoms with Crippen LogP contribution in [0.2, 0.25) is 5.15 Å². The minimum absolute atomic E-state index is 0.0317. The molecule has 0 amide bonds. The Labute approximate surface area is 113 Å². The maximum atomic E-state index is 11.2. The number of rotatable bonds is 3. The molecule has 11 heteroatoms. The first-order chi connectivity index (χ1) is 8.81. The van der Waals surface area contributed by atoms with Crippen LogP contribution in [0, 0.1) is 6.92 Å². The molecule has 2 aromatic rings. The molecule has 19 heavy (non-hydrogen) atoms. The number of halogens is 1. The molecule has 9 nitrogen and oxygen atoms in total. The van der Waals surface area contributed by atoms with Crippen molar-refractivity contribution in [2.45, 2.75) is 12.1 Å². The predicted molar refractivity (Wildman–Crippen MR) is 64.6 cm³/mol. The van der Waals surface area contributed by atoms with Crippen LogP contribution in [0.3, 0.4) is 0 Å². The Kier molecular flexibility index (Phi) is 3.39. The Bertz CT molecular complexity index is 728. The minimum atomic E-state index is -4.00. The molecule has 0 saturated carbocycles. The molecular weight excluding hydrogens is 296 g/mol. The first kappa shape index (κ1) is 13.6. The van der Waals surface area contributed by atoms with Crippen LogP contribution < -0.4 is 9.88 Å². The Morgan fingerprint density at radius 1 is 1.37 bits per heavy atom. The van der Waals surface area contributed by atoms with Gasteiger partial charge in [0.05, 0.1) is 7.11 Å². The van der Waals surface area contributed by atoms with Crippen molar-refractivity contribution in [3.05, 3.63) is 17.0 Å². The molecule has 0 aliphatic carbocycles. The quantitative estimate of drug-likeness (QED) is 0.770. The first-order valence-corrected chi connectivity index (χ1v) is 6.79. The van der Waals surface area contributed by atoms with Crippen molar-refractivity contribution in [1.82, 2.24) is 24.7 Å². The molecule has 0 aromatic carbocycles. The Morgan fingerprint density at radius 3 is 2.58 bits per heavy atom. The fourth-order valence-electron chi connectivity index (χ4n) is 1.26. The van der Waals surface area contributed by atoms with E-state index in [2.05, 4.69) is 20.1 Å². The van der Waals surface area contributed by atoms with Gasteiger partial charge in [-0.1, -0.05) is 11.6 Å². The highest BCUT2D eigenvalue weighted by molar-refractivity contribution is 7.89. The molecule has 0 bridgehead atoms. The molecule has 2 aromatic heterocycles. The second kappa shape index (κ2) is 4.72. The molecule has 0 saturated heterocycles. The number of aryl methyl sites for hydroxylation is 1. The van der Waals surface area contributed by atoms with Crippen molar-refractivity contribution in [3.8, 4) is 11.8 Å². The van der Waals surface area contributed by atoms with E-state index < -0.39 is 15.2 Å². The summed E-state index contributed by atoms with van der Waals surface area (Å²) in [6.07, 6.45) is 0. The molecule has 0 radical (unpaired) electrons. The standard InChI is InChI=1S/C8H9ClN6O3S/c1-4-11-8(19(10,16)17)14-15(4)7-12-5(9)3-6(13-7)18-2/h3H,1-2H3,(H2,10,16,17). The second-order valence-corrected chi connectivity index (χ2v) is 5.27. The van der Waals surface area contributed by atoms with Gasteiger partial charge in [-0.2, -0.15) is 14.6 Å². The first-order valence-electron chi connectivity index (χ1n) is 4.86. The summed E-state index contributed by atoms with van der Waals surface area (Å²) in [7, 11) is -2.59. The lowest BCUT2D eigenvalue weighted by atomic mass is 10.6. The van der Waals surface area contributed by atoms with Gasteiger partial charge >= 0.3 is 0 Å². The number of nitrogens with two attached hydrogens (primary N) is 1. The largest absolute Gasteiger partial charge is 0.481 e. The zero-order valence-electron chi connectivity index (χ0n) is 9.90. The topological polar surface area (TPSA) is 126 Å². The maximum Gasteiger partial charge on any atom is 0.282 e. The fourth-order valence-corrected chi connectivity index (χ4v) is 1.88. The van der Waals surface area contributed by atoms with Crippen LogP contribution in [-0.4, -0.2) is 40.3 Å². The summed E-state index contributed by atoms with van der Waals surface area (Å²) in [5.74, 6) is 0.486. The van der Waals surface area contributed by atoms with E-state index in [9.17, 15) is 8.42 Å². The van der Waals surface area contributed by atoms with Crippen molar-refractivity contribution in [2.75, 3.05) is 7.11 Å². The van der Waals surface area contributed by atoms with Gasteiger partial charge in [0.15, 0.2) is 0 Å². The van der Waals surface area contributed by atoms with Crippen molar-refractivity contribution < 1.29 is 13.2 Å². The molecule has 2 N–H and O–H groups in total. The molecule has 0 spiro atoms. The number of ether oxygens (including phenoxy) is 1. The number of sulfonamides is 1. The van der Waals surface area contributed by atoms with Gasteiger partial charge in [0.25, 0.3) is 21.1 Å². The van der Waals surface area contributed by atoms with E-state index in [-0.39, 0.29) is 22.8 Å². The lowest BCUT2D eigenvalue weighted by molar-refractivity contribution is 0.395. The average molecular weight is 305 g/mol. The van der Waals surface area contributed by atoms with E-state index in [1.807, 2.05) is 0 Å². The third-order valence-electron chi connectivity index (χ3n) is 2.06. The molecule has 0 fully saturated rings. The fraction of sp³-hybridized carbons (Fsp3) is 0.250. The Balaban J connectivity index is 2.59. The van der Waals surface area contributed by atoms with Crippen LogP contribution in [0.25, 0.3) is 5.95 Å². The summed E-state index contributed by atoms with van der Waals surface area (Å²) in [5, 5.41) is 8.27. The summed E-state index contributed by atoms with van der Waals surface area (Å²) in [6.45, 7) is 1.53. The average Bonchev–Trinajstić information content (AvgIpc) is 2.70. The van der Waals surface area contributed by atoms with Crippen LogP contribution in [0.1, 0.15) is 5.82 Å². The molecular formula is C8H9ClN6O3S. The van der Waals surface area contributed by atoms with Gasteiger partial charge in [0, 0.05) is 6.07 Å². The van der Waals surface area contributed by atoms with E-state index in [0.717, 1.165) is 4.68 Å². The number of methoxy groups -OCH3 is 1. The third kappa shape index (κ3) is 2.80. The van der Waals surface area contributed by atoms with Gasteiger partial charge in [-0.15, -0.1) is 5.10 Å². The number of primary sulfonamides is 1. The van der Waals surface area contributed by atoms with E-state index in [0.29, 0.717) is 0 Å². The summed E-state index contributed by atoms with van der Waals surface area (Å²) in [6, 6.07) is 1.40. The van der Waals surface area contributed by atoms with E-state index >= 15 is 0 Å². The molecule has 2 heterocycles. The zero-order chi connectivity index (χ0) is 14.2. The highest BCUT2D eigenvalue weighted by Gasteiger charge is 2.19. The van der Waals surface area contributed by atoms with Crippen molar-refractivity contribution in [1.29, 1.82) is 0 Å². The highest BCUT2D eigenvalue weighted by Crippen LogP contribution is 2.16. The highest BCUT2D eigenvalue weighted by atomic mass is 35.5. The van der Waals surface area contributed by atoms with Crippen LogP contribution in [0.15, 0.2) is 11.2 Å². The predicted octanol–water partition coefficient (Wildman–Crippen LogP) is -0.325. The number of hydrogen-bond donors (Lipinski definition) is 1. The summed E-state index contributed by atoms with van der Waals surface area (Å²) in [5.41, 5.74) is 0. The monoisotopic (exact) mass is 304 g/mol. The Morgan fingerprint density at radius 2 is 2.05 bits per heavy atom. The van der Waals surface area contributed by atoms with Gasteiger partial charge < -0.3 is 4.74 Å². The van der Waals surface area contributed by atoms with Crippen LogP contribution in [-0.2, 0) is 10.0 Å². The molecule has 102 valence electrons. The van der Waals surface area contributed by atoms with E-state index in [1.54, 1.807) is 0 Å².